The van der Waals surface area contributed by atoms with Crippen LogP contribution in [0.25, 0.3) is 0 Å². The van der Waals surface area contributed by atoms with Crippen molar-refractivity contribution in [3.05, 3.63) is 72.2 Å². The van der Waals surface area contributed by atoms with Crippen molar-refractivity contribution in [1.82, 2.24) is 20.2 Å². The molecule has 0 atom stereocenters. The second-order valence-corrected chi connectivity index (χ2v) is 8.46. The Labute approximate surface area is 200 Å². The van der Waals surface area contributed by atoms with Crippen LogP contribution in [0.3, 0.4) is 0 Å². The Morgan fingerprint density at radius 1 is 1.09 bits per heavy atom. The summed E-state index contributed by atoms with van der Waals surface area (Å²) >= 11 is 0. The number of hydrogen-bond acceptors (Lipinski definition) is 6. The zero-order valence-electron chi connectivity index (χ0n) is 19.7. The molecule has 0 bridgehead atoms. The molecule has 178 valence electrons. The molecule has 2 N–H and O–H groups in total. The van der Waals surface area contributed by atoms with Crippen LogP contribution in [0, 0.1) is 6.92 Å². The Morgan fingerprint density at radius 3 is 2.59 bits per heavy atom. The standard InChI is InChI=1S/C26H31N5O3/c1-19-3-5-23(24(17-19)33-2)34-25-6-4-22(18-28-25)30-26(32)29-21-10-15-31(16-11-21)14-9-20-7-12-27-13-8-20/h3-8,12-13,17-18,21H,9-11,14-16H2,1-2H3,(H2,29,30,32). The molecule has 2 aromatic heterocycles. The van der Waals surface area contributed by atoms with Gasteiger partial charge in [-0.3, -0.25) is 4.98 Å². The molecule has 3 aromatic rings. The van der Waals surface area contributed by atoms with E-state index in [1.165, 1.54) is 5.56 Å². The van der Waals surface area contributed by atoms with Crippen LogP contribution in [0.4, 0.5) is 10.5 Å². The number of benzene rings is 1. The summed E-state index contributed by atoms with van der Waals surface area (Å²) in [5.41, 5.74) is 2.99. The first-order valence-corrected chi connectivity index (χ1v) is 11.6. The normalized spacial score (nSPS) is 14.4. The number of piperidine rings is 1. The summed E-state index contributed by atoms with van der Waals surface area (Å²) in [6.07, 6.45) is 8.14. The third-order valence-corrected chi connectivity index (χ3v) is 5.92. The number of anilines is 1. The number of rotatable bonds is 8. The van der Waals surface area contributed by atoms with Gasteiger partial charge in [-0.05, 0) is 67.6 Å². The molecule has 8 heteroatoms. The number of likely N-dealkylation sites (tertiary alicyclic amines) is 1. The number of carbonyl (C=O) groups is 1. The highest BCUT2D eigenvalue weighted by Gasteiger charge is 2.20. The Balaban J connectivity index is 1.20. The van der Waals surface area contributed by atoms with Crippen molar-refractivity contribution in [2.45, 2.75) is 32.2 Å². The van der Waals surface area contributed by atoms with E-state index in [-0.39, 0.29) is 12.1 Å². The van der Waals surface area contributed by atoms with Crippen LogP contribution in [0.5, 0.6) is 17.4 Å². The third-order valence-electron chi connectivity index (χ3n) is 5.92. The first kappa shape index (κ1) is 23.5. The quantitative estimate of drug-likeness (QED) is 0.516. The largest absolute Gasteiger partial charge is 0.493 e. The van der Waals surface area contributed by atoms with E-state index >= 15 is 0 Å². The zero-order valence-corrected chi connectivity index (χ0v) is 19.7. The number of nitrogens with one attached hydrogen (secondary N) is 2. The van der Waals surface area contributed by atoms with Gasteiger partial charge >= 0.3 is 6.03 Å². The topological polar surface area (TPSA) is 88.6 Å². The van der Waals surface area contributed by atoms with Crippen molar-refractivity contribution < 1.29 is 14.3 Å². The second-order valence-electron chi connectivity index (χ2n) is 8.46. The molecule has 1 aliphatic rings. The van der Waals surface area contributed by atoms with Crippen LogP contribution in [-0.2, 0) is 6.42 Å². The van der Waals surface area contributed by atoms with Crippen molar-refractivity contribution in [3.8, 4) is 17.4 Å². The molecule has 1 aliphatic heterocycles. The summed E-state index contributed by atoms with van der Waals surface area (Å²) in [4.78, 5) is 23.3. The minimum Gasteiger partial charge on any atom is -0.493 e. The summed E-state index contributed by atoms with van der Waals surface area (Å²) in [7, 11) is 1.60. The number of ether oxygens (including phenoxy) is 2. The summed E-state index contributed by atoms with van der Waals surface area (Å²) in [6.45, 7) is 4.97. The van der Waals surface area contributed by atoms with Crippen molar-refractivity contribution >= 4 is 11.7 Å². The Kier molecular flexibility index (Phi) is 7.93. The number of amides is 2. The molecule has 34 heavy (non-hydrogen) atoms. The molecule has 4 rings (SSSR count). The number of pyridine rings is 2. The molecular formula is C26H31N5O3. The van der Waals surface area contributed by atoms with E-state index in [4.69, 9.17) is 9.47 Å². The van der Waals surface area contributed by atoms with Gasteiger partial charge in [0.25, 0.3) is 0 Å². The minimum atomic E-state index is -0.217. The number of aromatic nitrogens is 2. The van der Waals surface area contributed by atoms with Crippen molar-refractivity contribution in [2.24, 2.45) is 0 Å². The summed E-state index contributed by atoms with van der Waals surface area (Å²) in [5, 5.41) is 5.93. The fourth-order valence-corrected chi connectivity index (χ4v) is 3.98. The van der Waals surface area contributed by atoms with Crippen LogP contribution in [-0.4, -0.2) is 53.7 Å². The lowest BCUT2D eigenvalue weighted by molar-refractivity contribution is 0.197. The molecule has 0 spiro atoms. The Morgan fingerprint density at radius 2 is 1.88 bits per heavy atom. The lowest BCUT2D eigenvalue weighted by Gasteiger charge is -2.32. The van der Waals surface area contributed by atoms with E-state index in [1.807, 2.05) is 37.5 Å². The van der Waals surface area contributed by atoms with Gasteiger partial charge < -0.3 is 25.0 Å². The molecule has 8 nitrogen and oxygen atoms in total. The van der Waals surface area contributed by atoms with Gasteiger partial charge in [0.2, 0.25) is 5.88 Å². The van der Waals surface area contributed by atoms with Gasteiger partial charge in [-0.1, -0.05) is 6.07 Å². The first-order chi connectivity index (χ1) is 16.6. The number of nitrogens with zero attached hydrogens (tertiary/aromatic N) is 3. The second kappa shape index (κ2) is 11.5. The maximum atomic E-state index is 12.4. The van der Waals surface area contributed by atoms with Crippen LogP contribution in [0.2, 0.25) is 0 Å². The molecule has 0 saturated carbocycles. The average molecular weight is 462 g/mol. The van der Waals surface area contributed by atoms with Crippen LogP contribution >= 0.6 is 0 Å². The molecule has 1 aromatic carbocycles. The zero-order chi connectivity index (χ0) is 23.8. The number of hydrogen-bond donors (Lipinski definition) is 2. The van der Waals surface area contributed by atoms with Gasteiger partial charge in [-0.25, -0.2) is 9.78 Å². The number of methoxy groups -OCH3 is 1. The number of urea groups is 1. The van der Waals surface area contributed by atoms with Gasteiger partial charge in [0.05, 0.1) is 19.0 Å². The van der Waals surface area contributed by atoms with Gasteiger partial charge in [0, 0.05) is 44.1 Å². The minimum absolute atomic E-state index is 0.168. The summed E-state index contributed by atoms with van der Waals surface area (Å²) in [5.74, 6) is 1.66. The van der Waals surface area contributed by atoms with E-state index in [0.29, 0.717) is 23.1 Å². The van der Waals surface area contributed by atoms with Crippen molar-refractivity contribution in [2.75, 3.05) is 32.1 Å². The molecular weight excluding hydrogens is 430 g/mol. The van der Waals surface area contributed by atoms with Crippen LogP contribution in [0.1, 0.15) is 24.0 Å². The summed E-state index contributed by atoms with van der Waals surface area (Å²) < 4.78 is 11.2. The molecule has 0 radical (unpaired) electrons. The van der Waals surface area contributed by atoms with E-state index in [1.54, 1.807) is 25.4 Å². The molecule has 3 heterocycles. The molecule has 2 amide bonds. The molecule has 1 fully saturated rings. The lowest BCUT2D eigenvalue weighted by Crippen LogP contribution is -2.46. The van der Waals surface area contributed by atoms with E-state index in [9.17, 15) is 4.79 Å². The van der Waals surface area contributed by atoms with Crippen molar-refractivity contribution in [3.63, 3.8) is 0 Å². The third kappa shape index (κ3) is 6.68. The summed E-state index contributed by atoms with van der Waals surface area (Å²) in [6, 6.07) is 13.3. The van der Waals surface area contributed by atoms with Gasteiger partial charge in [-0.2, -0.15) is 0 Å². The Hall–Kier alpha value is -3.65. The smallest absolute Gasteiger partial charge is 0.319 e. The monoisotopic (exact) mass is 461 g/mol. The lowest BCUT2D eigenvalue weighted by atomic mass is 10.0. The van der Waals surface area contributed by atoms with Crippen LogP contribution in [0.15, 0.2) is 61.1 Å². The van der Waals surface area contributed by atoms with E-state index in [2.05, 4.69) is 37.6 Å². The van der Waals surface area contributed by atoms with Crippen molar-refractivity contribution in [1.29, 1.82) is 0 Å². The molecule has 0 unspecified atom stereocenters. The predicted molar refractivity (Wildman–Crippen MR) is 132 cm³/mol. The van der Waals surface area contributed by atoms with E-state index < -0.39 is 0 Å². The maximum Gasteiger partial charge on any atom is 0.319 e. The Bertz CT molecular complexity index is 1070. The number of aryl methyl sites for hydroxylation is 1. The molecule has 0 aliphatic carbocycles. The van der Waals surface area contributed by atoms with Crippen LogP contribution < -0.4 is 20.1 Å². The fourth-order valence-electron chi connectivity index (χ4n) is 3.98. The first-order valence-electron chi connectivity index (χ1n) is 11.6. The highest BCUT2D eigenvalue weighted by atomic mass is 16.5. The molecule has 1 saturated heterocycles. The highest BCUT2D eigenvalue weighted by molar-refractivity contribution is 5.89. The maximum absolute atomic E-state index is 12.4. The average Bonchev–Trinajstić information content (AvgIpc) is 2.86. The van der Waals surface area contributed by atoms with Gasteiger partial charge in [-0.15, -0.1) is 0 Å². The SMILES string of the molecule is COc1cc(C)ccc1Oc1ccc(NC(=O)NC2CCN(CCc3ccncc3)CC2)cn1. The predicted octanol–water partition coefficient (Wildman–Crippen LogP) is 4.41. The number of carbonyl (C=O) groups excluding carboxylic acids is 1. The van der Waals surface area contributed by atoms with E-state index in [0.717, 1.165) is 44.5 Å². The van der Waals surface area contributed by atoms with Gasteiger partial charge in [0.1, 0.15) is 0 Å². The fraction of sp³-hybridized carbons (Fsp3) is 0.346. The highest BCUT2D eigenvalue weighted by Crippen LogP contribution is 2.31. The van der Waals surface area contributed by atoms with Gasteiger partial charge in [0.15, 0.2) is 11.5 Å².